The number of hydrogen-bond acceptors (Lipinski definition) is 5. The third-order valence-electron chi connectivity index (χ3n) is 6.31. The molecule has 1 fully saturated rings. The predicted octanol–water partition coefficient (Wildman–Crippen LogP) is 4.84. The van der Waals surface area contributed by atoms with Gasteiger partial charge in [0.25, 0.3) is 5.91 Å². The molecule has 5 rings (SSSR count). The molecule has 0 radical (unpaired) electrons. The molecular weight excluding hydrogens is 430 g/mol. The second-order valence-electron chi connectivity index (χ2n) is 8.47. The van der Waals surface area contributed by atoms with Gasteiger partial charge in [-0.25, -0.2) is 8.78 Å². The fourth-order valence-electron chi connectivity index (χ4n) is 4.40. The molecule has 1 aliphatic carbocycles. The van der Waals surface area contributed by atoms with Gasteiger partial charge in [-0.15, -0.1) is 0 Å². The van der Waals surface area contributed by atoms with Crippen molar-refractivity contribution in [1.29, 1.82) is 0 Å². The average molecular weight is 452 g/mol. The van der Waals surface area contributed by atoms with Gasteiger partial charge in [0.05, 0.1) is 17.8 Å². The van der Waals surface area contributed by atoms with Crippen LogP contribution in [-0.4, -0.2) is 32.5 Å². The Morgan fingerprint density at radius 1 is 1.12 bits per heavy atom. The first-order valence-electron chi connectivity index (χ1n) is 10.8. The third kappa shape index (κ3) is 4.30. The van der Waals surface area contributed by atoms with Crippen LogP contribution >= 0.6 is 0 Å². The number of halogens is 2. The lowest BCUT2D eigenvalue weighted by Gasteiger charge is -2.28. The number of benzene rings is 2. The number of aromatic hydroxyl groups is 1. The van der Waals surface area contributed by atoms with Crippen LogP contribution in [0.2, 0.25) is 0 Å². The zero-order valence-corrected chi connectivity index (χ0v) is 17.7. The summed E-state index contributed by atoms with van der Waals surface area (Å²) in [6.45, 7) is 0.429. The summed E-state index contributed by atoms with van der Waals surface area (Å²) in [5, 5.41) is 21.5. The van der Waals surface area contributed by atoms with E-state index in [-0.39, 0.29) is 17.5 Å². The highest BCUT2D eigenvalue weighted by Gasteiger charge is 2.24. The molecule has 1 aliphatic rings. The predicted molar refractivity (Wildman–Crippen MR) is 117 cm³/mol. The molecule has 1 saturated carbocycles. The van der Waals surface area contributed by atoms with Crippen LogP contribution in [0.15, 0.2) is 53.5 Å². The molecule has 7 nitrogen and oxygen atoms in total. The molecule has 2 N–H and O–H groups in total. The van der Waals surface area contributed by atoms with Gasteiger partial charge in [-0.05, 0) is 55.4 Å². The zero-order valence-electron chi connectivity index (χ0n) is 17.7. The van der Waals surface area contributed by atoms with Crippen molar-refractivity contribution >= 4 is 16.8 Å². The third-order valence-corrected chi connectivity index (χ3v) is 6.31. The average Bonchev–Trinajstić information content (AvgIpc) is 3.50. The highest BCUT2D eigenvalue weighted by Crippen LogP contribution is 2.33. The highest BCUT2D eigenvalue weighted by molar-refractivity contribution is 5.94. The molecule has 0 atom stereocenters. The number of fused-ring (bicyclic) bond motifs is 1. The van der Waals surface area contributed by atoms with Crippen molar-refractivity contribution < 1.29 is 23.2 Å². The van der Waals surface area contributed by atoms with Gasteiger partial charge < -0.3 is 14.9 Å². The molecule has 33 heavy (non-hydrogen) atoms. The van der Waals surface area contributed by atoms with Crippen LogP contribution < -0.4 is 5.32 Å². The summed E-state index contributed by atoms with van der Waals surface area (Å²) in [5.74, 6) is -3.66. The van der Waals surface area contributed by atoms with Gasteiger partial charge in [0.2, 0.25) is 0 Å². The van der Waals surface area contributed by atoms with E-state index >= 15 is 0 Å². The fourth-order valence-corrected chi connectivity index (χ4v) is 4.40. The van der Waals surface area contributed by atoms with E-state index in [1.165, 1.54) is 0 Å². The molecule has 0 unspecified atom stereocenters. The monoisotopic (exact) mass is 452 g/mol. The number of phenolic OH excluding ortho intramolecular Hbond substituents is 1. The van der Waals surface area contributed by atoms with Gasteiger partial charge >= 0.3 is 0 Å². The highest BCUT2D eigenvalue weighted by atomic mass is 19.1. The van der Waals surface area contributed by atoms with Crippen LogP contribution in [0.5, 0.6) is 5.75 Å². The number of aromatic nitrogens is 3. The molecule has 0 saturated heterocycles. The Kier molecular flexibility index (Phi) is 5.53. The first-order valence-corrected chi connectivity index (χ1v) is 10.8. The van der Waals surface area contributed by atoms with E-state index in [1.807, 2.05) is 22.9 Å². The Bertz CT molecular complexity index is 1270. The Morgan fingerprint density at radius 3 is 2.58 bits per heavy atom. The lowest BCUT2D eigenvalue weighted by Crippen LogP contribution is -2.31. The van der Waals surface area contributed by atoms with Gasteiger partial charge in [-0.2, -0.15) is 5.10 Å². The van der Waals surface area contributed by atoms with Gasteiger partial charge in [0.15, 0.2) is 17.4 Å². The number of hydrogen-bond donors (Lipinski definition) is 2. The van der Waals surface area contributed by atoms with Crippen molar-refractivity contribution in [2.45, 2.75) is 31.7 Å². The van der Waals surface area contributed by atoms with E-state index in [9.17, 15) is 18.7 Å². The molecule has 2 heterocycles. The number of nitrogens with zero attached hydrogens (tertiary/aromatic N) is 3. The Balaban J connectivity index is 1.18. The Morgan fingerprint density at radius 2 is 1.88 bits per heavy atom. The quantitative estimate of drug-likeness (QED) is 0.452. The topological polar surface area (TPSA) is 93.2 Å². The summed E-state index contributed by atoms with van der Waals surface area (Å²) >= 11 is 0. The van der Waals surface area contributed by atoms with Crippen molar-refractivity contribution in [2.75, 3.05) is 6.54 Å². The van der Waals surface area contributed by atoms with E-state index in [2.05, 4.69) is 16.7 Å². The number of carbonyl (C=O) groups is 1. The summed E-state index contributed by atoms with van der Waals surface area (Å²) < 4.78 is 33.9. The molecule has 0 spiro atoms. The normalized spacial score (nSPS) is 18.5. The summed E-state index contributed by atoms with van der Waals surface area (Å²) in [6, 6.07) is 8.03. The minimum atomic E-state index is -1.15. The second-order valence-corrected chi connectivity index (χ2v) is 8.47. The van der Waals surface area contributed by atoms with E-state index in [1.54, 1.807) is 12.5 Å². The molecule has 0 aliphatic heterocycles. The van der Waals surface area contributed by atoms with Gasteiger partial charge in [0.1, 0.15) is 6.26 Å². The maximum Gasteiger partial charge on any atom is 0.251 e. The molecule has 0 bridgehead atoms. The first kappa shape index (κ1) is 21.1. The summed E-state index contributed by atoms with van der Waals surface area (Å²) in [5.41, 5.74) is 2.68. The van der Waals surface area contributed by atoms with Crippen LogP contribution in [0, 0.1) is 17.6 Å². The molecule has 4 aromatic rings. The van der Waals surface area contributed by atoms with Crippen molar-refractivity contribution in [3.63, 3.8) is 0 Å². The first-order chi connectivity index (χ1) is 16.0. The maximum absolute atomic E-state index is 13.5. The number of nitrogens with one attached hydrogen (secondary N) is 1. The molecule has 2 aromatic carbocycles. The summed E-state index contributed by atoms with van der Waals surface area (Å²) in [7, 11) is 0. The van der Waals surface area contributed by atoms with Crippen molar-refractivity contribution in [1.82, 2.24) is 20.3 Å². The van der Waals surface area contributed by atoms with E-state index in [0.29, 0.717) is 6.54 Å². The molecular formula is C24H22F2N4O3. The second kappa shape index (κ2) is 8.65. The van der Waals surface area contributed by atoms with Crippen molar-refractivity contribution in [3.05, 3.63) is 66.2 Å². The maximum atomic E-state index is 13.5. The zero-order chi connectivity index (χ0) is 22.9. The standard InChI is InChI=1S/C24H22F2N4O3/c25-20-7-17(8-21(26)23(20)31)24(32)27-10-14-1-5-19(6-2-14)30-12-16-4-3-15(9-22(16)29-30)18-11-28-33-13-18/h3-4,7-9,11-14,19,31H,1-2,5-6,10H2,(H,27,32). The minimum absolute atomic E-state index is 0.148. The molecule has 2 aromatic heterocycles. The smallest absolute Gasteiger partial charge is 0.251 e. The van der Waals surface area contributed by atoms with Crippen LogP contribution in [0.25, 0.3) is 22.0 Å². The van der Waals surface area contributed by atoms with Crippen LogP contribution in [-0.2, 0) is 0 Å². The van der Waals surface area contributed by atoms with Gasteiger partial charge in [-0.3, -0.25) is 9.48 Å². The largest absolute Gasteiger partial charge is 0.503 e. The summed E-state index contributed by atoms with van der Waals surface area (Å²) in [6.07, 6.45) is 9.01. The SMILES string of the molecule is O=C(NCC1CCC(n2cc3ccc(-c4cnoc4)cc3n2)CC1)c1cc(F)c(O)c(F)c1. The van der Waals surface area contributed by atoms with Gasteiger partial charge in [0, 0.05) is 29.3 Å². The minimum Gasteiger partial charge on any atom is -0.503 e. The van der Waals surface area contributed by atoms with E-state index in [4.69, 9.17) is 9.62 Å². The Labute approximate surface area is 188 Å². The van der Waals surface area contributed by atoms with Crippen LogP contribution in [0.1, 0.15) is 42.1 Å². The number of amides is 1. The summed E-state index contributed by atoms with van der Waals surface area (Å²) in [4.78, 5) is 12.3. The van der Waals surface area contributed by atoms with Crippen LogP contribution in [0.4, 0.5) is 8.78 Å². The lowest BCUT2D eigenvalue weighted by atomic mass is 9.86. The number of carbonyl (C=O) groups excluding carboxylic acids is 1. The number of rotatable bonds is 5. The lowest BCUT2D eigenvalue weighted by molar-refractivity contribution is 0.0940. The van der Waals surface area contributed by atoms with Crippen molar-refractivity contribution in [3.8, 4) is 16.9 Å². The van der Waals surface area contributed by atoms with E-state index in [0.717, 1.165) is 59.8 Å². The molecule has 9 heteroatoms. The molecule has 170 valence electrons. The van der Waals surface area contributed by atoms with Crippen molar-refractivity contribution in [2.24, 2.45) is 5.92 Å². The molecule has 1 amide bonds. The number of phenols is 1. The van der Waals surface area contributed by atoms with Gasteiger partial charge in [-0.1, -0.05) is 17.3 Å². The van der Waals surface area contributed by atoms with Crippen LogP contribution in [0.3, 0.4) is 0 Å². The Hall–Kier alpha value is -3.75. The van der Waals surface area contributed by atoms with E-state index < -0.39 is 23.3 Å². The fraction of sp³-hybridized carbons (Fsp3) is 0.292.